The number of nitrogens with one attached hydrogen (secondary N) is 1. The zero-order chi connectivity index (χ0) is 10.1. The molecule has 5 heteroatoms. The van der Waals surface area contributed by atoms with Crippen LogP contribution in [0.3, 0.4) is 0 Å². The van der Waals surface area contributed by atoms with E-state index in [2.05, 4.69) is 4.98 Å². The Bertz CT molecular complexity index is 495. The topological polar surface area (TPSA) is 53.1 Å². The molecule has 1 unspecified atom stereocenters. The minimum Gasteiger partial charge on any atom is -0.361 e. The maximum atomic E-state index is 12.9. The maximum absolute atomic E-state index is 12.9. The molecule has 0 saturated carbocycles. The van der Waals surface area contributed by atoms with E-state index < -0.39 is 11.1 Å². The smallest absolute Gasteiger partial charge is 0.157 e. The molecule has 2 rings (SSSR count). The first-order chi connectivity index (χ1) is 6.66. The molecule has 74 valence electrons. The molecule has 1 atom stereocenters. The Balaban J connectivity index is 2.55. The number of hydrogen-bond donors (Lipinski definition) is 2. The minimum absolute atomic E-state index is 0.0173. The van der Waals surface area contributed by atoms with Crippen LogP contribution in [-0.4, -0.2) is 13.7 Å². The van der Waals surface area contributed by atoms with Crippen LogP contribution in [0.2, 0.25) is 0 Å². The quantitative estimate of drug-likeness (QED) is 0.750. The van der Waals surface area contributed by atoms with Gasteiger partial charge in [0, 0.05) is 17.1 Å². The fourth-order valence-electron chi connectivity index (χ4n) is 1.40. The van der Waals surface area contributed by atoms with Crippen LogP contribution < -0.4 is 0 Å². The van der Waals surface area contributed by atoms with Crippen molar-refractivity contribution in [2.24, 2.45) is 0 Å². The molecule has 1 aromatic carbocycles. The Hall–Kier alpha value is -1.20. The SMILES string of the molecule is O=S(O)Cc1c[nH]c2ccc(F)cc12. The molecule has 1 heterocycles. The van der Waals surface area contributed by atoms with E-state index in [4.69, 9.17) is 4.55 Å². The van der Waals surface area contributed by atoms with Crippen molar-refractivity contribution < 1.29 is 13.2 Å². The Morgan fingerprint density at radius 1 is 1.50 bits per heavy atom. The Morgan fingerprint density at radius 3 is 3.00 bits per heavy atom. The van der Waals surface area contributed by atoms with Crippen LogP contribution in [0.1, 0.15) is 5.56 Å². The minimum atomic E-state index is -1.90. The Morgan fingerprint density at radius 2 is 2.29 bits per heavy atom. The van der Waals surface area contributed by atoms with E-state index in [1.165, 1.54) is 12.1 Å². The Kier molecular flexibility index (Phi) is 2.35. The molecule has 2 aromatic rings. The number of halogens is 1. The van der Waals surface area contributed by atoms with Gasteiger partial charge >= 0.3 is 0 Å². The lowest BCUT2D eigenvalue weighted by Gasteiger charge is -1.94. The van der Waals surface area contributed by atoms with Gasteiger partial charge in [-0.05, 0) is 23.8 Å². The average Bonchev–Trinajstić information content (AvgIpc) is 2.47. The van der Waals surface area contributed by atoms with Gasteiger partial charge in [0.05, 0.1) is 5.75 Å². The molecule has 1 aromatic heterocycles. The maximum Gasteiger partial charge on any atom is 0.157 e. The fourth-order valence-corrected chi connectivity index (χ4v) is 1.91. The average molecular weight is 213 g/mol. The van der Waals surface area contributed by atoms with Gasteiger partial charge in [0.25, 0.3) is 0 Å². The van der Waals surface area contributed by atoms with Crippen molar-refractivity contribution in [3.63, 3.8) is 0 Å². The fraction of sp³-hybridized carbons (Fsp3) is 0.111. The van der Waals surface area contributed by atoms with Crippen molar-refractivity contribution in [2.45, 2.75) is 5.75 Å². The summed E-state index contributed by atoms with van der Waals surface area (Å²) in [6, 6.07) is 4.31. The first-order valence-corrected chi connectivity index (χ1v) is 5.27. The van der Waals surface area contributed by atoms with Crippen molar-refractivity contribution >= 4 is 22.0 Å². The largest absolute Gasteiger partial charge is 0.361 e. The van der Waals surface area contributed by atoms with E-state index in [1.807, 2.05) is 0 Å². The molecule has 0 radical (unpaired) electrons. The number of aromatic nitrogens is 1. The first kappa shape index (κ1) is 9.36. The molecule has 0 saturated heterocycles. The first-order valence-electron chi connectivity index (χ1n) is 4.00. The van der Waals surface area contributed by atoms with Gasteiger partial charge in [-0.3, -0.25) is 0 Å². The molecule has 0 aliphatic heterocycles. The number of benzene rings is 1. The summed E-state index contributed by atoms with van der Waals surface area (Å²) in [6.45, 7) is 0. The van der Waals surface area contributed by atoms with Gasteiger partial charge in [-0.15, -0.1) is 0 Å². The van der Waals surface area contributed by atoms with Crippen molar-refractivity contribution in [2.75, 3.05) is 0 Å². The van der Waals surface area contributed by atoms with Crippen molar-refractivity contribution in [3.05, 3.63) is 35.8 Å². The third-order valence-corrected chi connectivity index (χ3v) is 2.57. The van der Waals surface area contributed by atoms with E-state index in [0.717, 1.165) is 5.52 Å². The van der Waals surface area contributed by atoms with E-state index in [0.29, 0.717) is 10.9 Å². The summed E-state index contributed by atoms with van der Waals surface area (Å²) in [5.41, 5.74) is 1.42. The summed E-state index contributed by atoms with van der Waals surface area (Å²) < 4.78 is 32.2. The zero-order valence-corrected chi connectivity index (χ0v) is 7.97. The second kappa shape index (κ2) is 3.51. The normalized spacial score (nSPS) is 13.3. The van der Waals surface area contributed by atoms with Crippen LogP contribution >= 0.6 is 0 Å². The lowest BCUT2D eigenvalue weighted by Crippen LogP contribution is -1.91. The number of H-pyrrole nitrogens is 1. The van der Waals surface area contributed by atoms with Gasteiger partial charge in [-0.25, -0.2) is 8.60 Å². The number of rotatable bonds is 2. The van der Waals surface area contributed by atoms with Crippen LogP contribution in [0.4, 0.5) is 4.39 Å². The van der Waals surface area contributed by atoms with E-state index >= 15 is 0 Å². The van der Waals surface area contributed by atoms with Gasteiger partial charge < -0.3 is 9.54 Å². The zero-order valence-electron chi connectivity index (χ0n) is 7.16. The molecule has 2 N–H and O–H groups in total. The van der Waals surface area contributed by atoms with Crippen LogP contribution in [0.15, 0.2) is 24.4 Å². The number of fused-ring (bicyclic) bond motifs is 1. The lowest BCUT2D eigenvalue weighted by molar-refractivity contribution is 0.563. The summed E-state index contributed by atoms with van der Waals surface area (Å²) in [6.07, 6.45) is 1.62. The third kappa shape index (κ3) is 1.69. The molecule has 0 amide bonds. The summed E-state index contributed by atoms with van der Waals surface area (Å²) in [4.78, 5) is 2.91. The Labute approximate surface area is 82.2 Å². The highest BCUT2D eigenvalue weighted by Crippen LogP contribution is 2.20. The highest BCUT2D eigenvalue weighted by atomic mass is 32.2. The molecule has 3 nitrogen and oxygen atoms in total. The number of hydrogen-bond acceptors (Lipinski definition) is 1. The van der Waals surface area contributed by atoms with Gasteiger partial charge in [0.2, 0.25) is 0 Å². The van der Waals surface area contributed by atoms with Gasteiger partial charge in [0.1, 0.15) is 5.82 Å². The lowest BCUT2D eigenvalue weighted by atomic mass is 10.2. The van der Waals surface area contributed by atoms with Gasteiger partial charge in [-0.2, -0.15) is 0 Å². The standard InChI is InChI=1S/C9H8FNO2S/c10-7-1-2-9-8(3-7)6(4-11-9)5-14(12)13/h1-4,11H,5H2,(H,12,13). The second-order valence-electron chi connectivity index (χ2n) is 2.97. The highest BCUT2D eigenvalue weighted by Gasteiger charge is 2.06. The molecule has 0 aliphatic rings. The summed E-state index contributed by atoms with van der Waals surface area (Å²) in [7, 11) is 0. The van der Waals surface area contributed by atoms with Crippen molar-refractivity contribution in [1.82, 2.24) is 4.98 Å². The molecule has 0 spiro atoms. The molecule has 0 fully saturated rings. The summed E-state index contributed by atoms with van der Waals surface area (Å²) >= 11 is -1.90. The molecule has 0 bridgehead atoms. The van der Waals surface area contributed by atoms with Crippen molar-refractivity contribution in [1.29, 1.82) is 0 Å². The third-order valence-electron chi connectivity index (χ3n) is 2.01. The molecule has 0 aliphatic carbocycles. The van der Waals surface area contributed by atoms with Crippen LogP contribution in [0.5, 0.6) is 0 Å². The number of aromatic amines is 1. The van der Waals surface area contributed by atoms with Gasteiger partial charge in [0.15, 0.2) is 11.1 Å². The van der Waals surface area contributed by atoms with Crippen LogP contribution in [-0.2, 0) is 16.8 Å². The second-order valence-corrected chi connectivity index (χ2v) is 3.90. The molecular weight excluding hydrogens is 205 g/mol. The van der Waals surface area contributed by atoms with Crippen LogP contribution in [0, 0.1) is 5.82 Å². The van der Waals surface area contributed by atoms with Gasteiger partial charge in [-0.1, -0.05) is 0 Å². The van der Waals surface area contributed by atoms with E-state index in [-0.39, 0.29) is 11.6 Å². The summed E-state index contributed by atoms with van der Waals surface area (Å²) in [5.74, 6) is -0.328. The monoisotopic (exact) mass is 213 g/mol. The molecular formula is C9H8FNO2S. The summed E-state index contributed by atoms with van der Waals surface area (Å²) in [5, 5.41) is 0.660. The predicted octanol–water partition coefficient (Wildman–Crippen LogP) is 2.03. The van der Waals surface area contributed by atoms with E-state index in [9.17, 15) is 8.60 Å². The molecule has 14 heavy (non-hydrogen) atoms. The van der Waals surface area contributed by atoms with E-state index in [1.54, 1.807) is 12.3 Å². The highest BCUT2D eigenvalue weighted by molar-refractivity contribution is 7.78. The van der Waals surface area contributed by atoms with Crippen molar-refractivity contribution in [3.8, 4) is 0 Å². The van der Waals surface area contributed by atoms with Crippen LogP contribution in [0.25, 0.3) is 10.9 Å². The predicted molar refractivity (Wildman–Crippen MR) is 52.7 cm³/mol.